The van der Waals surface area contributed by atoms with Gasteiger partial charge in [0, 0.05) is 24.9 Å². The van der Waals surface area contributed by atoms with Crippen molar-refractivity contribution in [2.24, 2.45) is 7.05 Å². The standard InChI is InChI=1S/C18H21N3/c1-13-7-6-8-14(11-13)16(19-2)12-17-15-9-4-5-10-18(15)21(3)20-17/h4-11,16,19H,12H2,1-3H3. The fourth-order valence-electron chi connectivity index (χ4n) is 2.91. The summed E-state index contributed by atoms with van der Waals surface area (Å²) in [5.74, 6) is 0. The van der Waals surface area contributed by atoms with Crippen LogP contribution >= 0.6 is 0 Å². The van der Waals surface area contributed by atoms with Gasteiger partial charge in [0.2, 0.25) is 0 Å². The summed E-state index contributed by atoms with van der Waals surface area (Å²) in [5, 5.41) is 9.36. The molecule has 0 aliphatic rings. The Bertz CT molecular complexity index is 758. The van der Waals surface area contributed by atoms with Crippen molar-refractivity contribution in [3.63, 3.8) is 0 Å². The van der Waals surface area contributed by atoms with E-state index in [1.165, 1.54) is 22.0 Å². The molecule has 0 aliphatic carbocycles. The fraction of sp³-hybridized carbons (Fsp3) is 0.278. The molecule has 1 unspecified atom stereocenters. The van der Waals surface area contributed by atoms with Crippen LogP contribution in [0.1, 0.15) is 22.9 Å². The monoisotopic (exact) mass is 279 g/mol. The van der Waals surface area contributed by atoms with E-state index in [2.05, 4.69) is 60.8 Å². The SMILES string of the molecule is CNC(Cc1nn(C)c2ccccc12)c1cccc(C)c1. The normalized spacial score (nSPS) is 12.7. The number of hydrogen-bond acceptors (Lipinski definition) is 2. The van der Waals surface area contributed by atoms with Crippen LogP contribution in [0, 0.1) is 6.92 Å². The molecule has 3 heteroatoms. The molecule has 0 bridgehead atoms. The number of fused-ring (bicyclic) bond motifs is 1. The van der Waals surface area contributed by atoms with E-state index in [1.807, 2.05) is 18.8 Å². The lowest BCUT2D eigenvalue weighted by atomic mass is 9.99. The third-order valence-corrected chi connectivity index (χ3v) is 4.02. The minimum atomic E-state index is 0.281. The molecule has 1 atom stereocenters. The topological polar surface area (TPSA) is 29.9 Å². The lowest BCUT2D eigenvalue weighted by Crippen LogP contribution is -2.19. The number of aryl methyl sites for hydroxylation is 2. The van der Waals surface area contributed by atoms with Gasteiger partial charge in [0.25, 0.3) is 0 Å². The first-order valence-electron chi connectivity index (χ1n) is 7.33. The Labute approximate surface area is 125 Å². The minimum absolute atomic E-state index is 0.281. The summed E-state index contributed by atoms with van der Waals surface area (Å²) in [5.41, 5.74) is 4.94. The molecule has 0 radical (unpaired) electrons. The summed E-state index contributed by atoms with van der Waals surface area (Å²) in [6.45, 7) is 2.13. The van der Waals surface area contributed by atoms with E-state index in [0.717, 1.165) is 12.1 Å². The second kappa shape index (κ2) is 5.70. The van der Waals surface area contributed by atoms with Gasteiger partial charge >= 0.3 is 0 Å². The number of nitrogens with zero attached hydrogens (tertiary/aromatic N) is 2. The number of aromatic nitrogens is 2. The second-order valence-electron chi connectivity index (χ2n) is 5.55. The Balaban J connectivity index is 1.96. The van der Waals surface area contributed by atoms with Gasteiger partial charge in [-0.25, -0.2) is 0 Å². The highest BCUT2D eigenvalue weighted by atomic mass is 15.3. The van der Waals surface area contributed by atoms with E-state index in [4.69, 9.17) is 5.10 Å². The highest BCUT2D eigenvalue weighted by Crippen LogP contribution is 2.24. The average Bonchev–Trinajstić information content (AvgIpc) is 2.82. The Morgan fingerprint density at radius 2 is 1.95 bits per heavy atom. The highest BCUT2D eigenvalue weighted by Gasteiger charge is 2.15. The Morgan fingerprint density at radius 3 is 2.71 bits per heavy atom. The van der Waals surface area contributed by atoms with Crippen molar-refractivity contribution in [3.8, 4) is 0 Å². The van der Waals surface area contributed by atoms with Crippen LogP contribution in [-0.4, -0.2) is 16.8 Å². The maximum atomic E-state index is 4.70. The number of para-hydroxylation sites is 1. The van der Waals surface area contributed by atoms with Crippen LogP contribution in [0.4, 0.5) is 0 Å². The van der Waals surface area contributed by atoms with Gasteiger partial charge in [-0.1, -0.05) is 48.0 Å². The first-order valence-corrected chi connectivity index (χ1v) is 7.33. The molecule has 1 aromatic heterocycles. The number of hydrogen-bond donors (Lipinski definition) is 1. The summed E-state index contributed by atoms with van der Waals surface area (Å²) in [6.07, 6.45) is 0.890. The van der Waals surface area contributed by atoms with Gasteiger partial charge in [0.15, 0.2) is 0 Å². The second-order valence-corrected chi connectivity index (χ2v) is 5.55. The van der Waals surface area contributed by atoms with Crippen molar-refractivity contribution < 1.29 is 0 Å². The maximum Gasteiger partial charge on any atom is 0.0722 e. The Morgan fingerprint density at radius 1 is 1.14 bits per heavy atom. The van der Waals surface area contributed by atoms with Crippen LogP contribution in [0.2, 0.25) is 0 Å². The first kappa shape index (κ1) is 13.8. The van der Waals surface area contributed by atoms with Crippen LogP contribution in [-0.2, 0) is 13.5 Å². The van der Waals surface area contributed by atoms with Crippen molar-refractivity contribution in [2.75, 3.05) is 7.05 Å². The average molecular weight is 279 g/mol. The summed E-state index contributed by atoms with van der Waals surface area (Å²) < 4.78 is 1.97. The van der Waals surface area contributed by atoms with E-state index in [-0.39, 0.29) is 6.04 Å². The van der Waals surface area contributed by atoms with Crippen LogP contribution in [0.25, 0.3) is 10.9 Å². The van der Waals surface area contributed by atoms with Gasteiger partial charge in [-0.15, -0.1) is 0 Å². The summed E-state index contributed by atoms with van der Waals surface area (Å²) in [4.78, 5) is 0. The number of likely N-dealkylation sites (N-methyl/N-ethyl adjacent to an activating group) is 1. The third-order valence-electron chi connectivity index (χ3n) is 4.02. The molecule has 108 valence electrons. The predicted molar refractivity (Wildman–Crippen MR) is 87.4 cm³/mol. The smallest absolute Gasteiger partial charge is 0.0722 e. The highest BCUT2D eigenvalue weighted by molar-refractivity contribution is 5.81. The molecule has 0 saturated heterocycles. The molecule has 1 N–H and O–H groups in total. The predicted octanol–water partition coefficient (Wildman–Crippen LogP) is 3.38. The van der Waals surface area contributed by atoms with Gasteiger partial charge in [0.05, 0.1) is 11.2 Å². The van der Waals surface area contributed by atoms with Crippen molar-refractivity contribution in [3.05, 3.63) is 65.4 Å². The minimum Gasteiger partial charge on any atom is -0.313 e. The molecule has 3 rings (SSSR count). The number of benzene rings is 2. The molecular formula is C18H21N3. The zero-order valence-electron chi connectivity index (χ0n) is 12.8. The van der Waals surface area contributed by atoms with Gasteiger partial charge in [0.1, 0.15) is 0 Å². The Hall–Kier alpha value is -2.13. The van der Waals surface area contributed by atoms with Crippen LogP contribution in [0.3, 0.4) is 0 Å². The van der Waals surface area contributed by atoms with Gasteiger partial charge < -0.3 is 5.32 Å². The van der Waals surface area contributed by atoms with Gasteiger partial charge in [-0.2, -0.15) is 5.10 Å². The summed E-state index contributed by atoms with van der Waals surface area (Å²) in [6, 6.07) is 17.4. The molecule has 0 aliphatic heterocycles. The molecule has 0 amide bonds. The molecule has 0 saturated carbocycles. The zero-order chi connectivity index (χ0) is 14.8. The fourth-order valence-corrected chi connectivity index (χ4v) is 2.91. The van der Waals surface area contributed by atoms with E-state index in [9.17, 15) is 0 Å². The largest absolute Gasteiger partial charge is 0.313 e. The summed E-state index contributed by atoms with van der Waals surface area (Å²) >= 11 is 0. The molecular weight excluding hydrogens is 258 g/mol. The molecule has 0 spiro atoms. The van der Waals surface area contributed by atoms with Crippen molar-refractivity contribution in [1.82, 2.24) is 15.1 Å². The van der Waals surface area contributed by atoms with Crippen LogP contribution < -0.4 is 5.32 Å². The van der Waals surface area contributed by atoms with Gasteiger partial charge in [-0.3, -0.25) is 4.68 Å². The molecule has 0 fully saturated rings. The maximum absolute atomic E-state index is 4.70. The van der Waals surface area contributed by atoms with E-state index in [1.54, 1.807) is 0 Å². The van der Waals surface area contributed by atoms with Crippen LogP contribution in [0.5, 0.6) is 0 Å². The van der Waals surface area contributed by atoms with Crippen molar-refractivity contribution in [1.29, 1.82) is 0 Å². The van der Waals surface area contributed by atoms with E-state index >= 15 is 0 Å². The third kappa shape index (κ3) is 2.69. The Kier molecular flexibility index (Phi) is 3.76. The molecule has 21 heavy (non-hydrogen) atoms. The number of rotatable bonds is 4. The molecule has 2 aromatic carbocycles. The number of nitrogens with one attached hydrogen (secondary N) is 1. The van der Waals surface area contributed by atoms with Crippen LogP contribution in [0.15, 0.2) is 48.5 Å². The quantitative estimate of drug-likeness (QED) is 0.793. The lowest BCUT2D eigenvalue weighted by molar-refractivity contribution is 0.579. The first-order chi connectivity index (χ1) is 10.2. The van der Waals surface area contributed by atoms with E-state index in [0.29, 0.717) is 0 Å². The van der Waals surface area contributed by atoms with Crippen molar-refractivity contribution in [2.45, 2.75) is 19.4 Å². The molecule has 1 heterocycles. The zero-order valence-corrected chi connectivity index (χ0v) is 12.8. The lowest BCUT2D eigenvalue weighted by Gasteiger charge is -2.16. The van der Waals surface area contributed by atoms with Gasteiger partial charge in [-0.05, 0) is 25.6 Å². The van der Waals surface area contributed by atoms with E-state index < -0.39 is 0 Å². The molecule has 3 aromatic rings. The van der Waals surface area contributed by atoms with Crippen molar-refractivity contribution >= 4 is 10.9 Å². The summed E-state index contributed by atoms with van der Waals surface area (Å²) in [7, 11) is 4.02. The molecule has 3 nitrogen and oxygen atoms in total.